The first-order valence-electron chi connectivity index (χ1n) is 12.6. The van der Waals surface area contributed by atoms with Gasteiger partial charge in [0.1, 0.15) is 16.9 Å². The van der Waals surface area contributed by atoms with Crippen LogP contribution in [-0.2, 0) is 30.7 Å². The second kappa shape index (κ2) is 12.1. The molecule has 3 aromatic rings. The summed E-state index contributed by atoms with van der Waals surface area (Å²) in [6.45, 7) is 10.9. The molecule has 204 valence electrons. The molecule has 1 atom stereocenters. The number of thiophene rings is 1. The molecule has 2 aromatic heterocycles. The third kappa shape index (κ3) is 6.57. The van der Waals surface area contributed by atoms with Crippen LogP contribution in [0.3, 0.4) is 0 Å². The number of anilines is 1. The lowest BCUT2D eigenvalue weighted by Gasteiger charge is -2.33. The van der Waals surface area contributed by atoms with Gasteiger partial charge in [0.05, 0.1) is 23.4 Å². The molecule has 0 bridgehead atoms. The Morgan fingerprint density at radius 3 is 2.79 bits per heavy atom. The van der Waals surface area contributed by atoms with E-state index >= 15 is 0 Å². The van der Waals surface area contributed by atoms with Crippen molar-refractivity contribution in [1.29, 1.82) is 5.26 Å². The van der Waals surface area contributed by atoms with Gasteiger partial charge in [-0.1, -0.05) is 50.7 Å². The first-order valence-corrected chi connectivity index (χ1v) is 14.5. The molecule has 1 aliphatic carbocycles. The molecule has 0 saturated heterocycles. The van der Waals surface area contributed by atoms with Crippen molar-refractivity contribution in [2.24, 2.45) is 11.3 Å². The lowest BCUT2D eigenvalue weighted by atomic mass is 9.72. The average molecular weight is 567 g/mol. The Morgan fingerprint density at radius 2 is 2.10 bits per heavy atom. The van der Waals surface area contributed by atoms with Gasteiger partial charge < -0.3 is 15.2 Å². The fourth-order valence-electron chi connectivity index (χ4n) is 4.59. The second-order valence-electron chi connectivity index (χ2n) is 10.4. The maximum atomic E-state index is 13.9. The van der Waals surface area contributed by atoms with E-state index in [1.807, 2.05) is 0 Å². The van der Waals surface area contributed by atoms with Gasteiger partial charge in [0, 0.05) is 11.4 Å². The largest absolute Gasteiger partial charge is 0.345 e. The van der Waals surface area contributed by atoms with Crippen molar-refractivity contribution < 1.29 is 14.0 Å². The number of allylic oxidation sites excluding steroid dienone is 1. The van der Waals surface area contributed by atoms with Gasteiger partial charge in [0.15, 0.2) is 11.0 Å². The summed E-state index contributed by atoms with van der Waals surface area (Å²) in [5.74, 6) is -0.357. The second-order valence-corrected chi connectivity index (χ2v) is 12.5. The number of halogens is 1. The molecule has 39 heavy (non-hydrogen) atoms. The van der Waals surface area contributed by atoms with Crippen molar-refractivity contribution in [3.63, 3.8) is 0 Å². The van der Waals surface area contributed by atoms with Gasteiger partial charge in [-0.25, -0.2) is 4.39 Å². The number of nitrogens with zero attached hydrogens (tertiary/aromatic N) is 4. The minimum absolute atomic E-state index is 0.0304. The maximum Gasteiger partial charge on any atom is 0.254 e. The third-order valence-electron chi connectivity index (χ3n) is 6.82. The predicted molar refractivity (Wildman–Crippen MR) is 151 cm³/mol. The van der Waals surface area contributed by atoms with Gasteiger partial charge >= 0.3 is 0 Å². The number of hydrogen-bond acceptors (Lipinski definition) is 7. The molecular formula is C28H31FN6O2S2. The van der Waals surface area contributed by atoms with E-state index in [9.17, 15) is 19.2 Å². The summed E-state index contributed by atoms with van der Waals surface area (Å²) in [6, 6.07) is 8.03. The number of amides is 2. The normalized spacial score (nSPS) is 14.8. The van der Waals surface area contributed by atoms with Crippen LogP contribution in [0.25, 0.3) is 0 Å². The van der Waals surface area contributed by atoms with Crippen molar-refractivity contribution in [3.8, 4) is 6.07 Å². The van der Waals surface area contributed by atoms with Crippen LogP contribution in [0.1, 0.15) is 59.4 Å². The van der Waals surface area contributed by atoms with Gasteiger partial charge in [0.2, 0.25) is 5.91 Å². The van der Waals surface area contributed by atoms with Crippen LogP contribution in [-0.4, -0.2) is 32.3 Å². The zero-order chi connectivity index (χ0) is 28.2. The Morgan fingerprint density at radius 1 is 1.33 bits per heavy atom. The number of benzene rings is 1. The molecule has 0 aliphatic heterocycles. The van der Waals surface area contributed by atoms with Crippen molar-refractivity contribution in [3.05, 3.63) is 70.1 Å². The zero-order valence-electron chi connectivity index (χ0n) is 22.2. The van der Waals surface area contributed by atoms with Gasteiger partial charge in [-0.3, -0.25) is 9.59 Å². The molecule has 0 radical (unpaired) electrons. The monoisotopic (exact) mass is 566 g/mol. The van der Waals surface area contributed by atoms with Crippen molar-refractivity contribution in [1.82, 2.24) is 20.1 Å². The number of fused-ring (bicyclic) bond motifs is 1. The van der Waals surface area contributed by atoms with Crippen LogP contribution < -0.4 is 10.6 Å². The summed E-state index contributed by atoms with van der Waals surface area (Å²) in [5.41, 5.74) is 1.77. The van der Waals surface area contributed by atoms with E-state index in [0.29, 0.717) is 34.0 Å². The van der Waals surface area contributed by atoms with Crippen molar-refractivity contribution in [2.75, 3.05) is 11.1 Å². The lowest BCUT2D eigenvalue weighted by molar-refractivity contribution is -0.113. The molecule has 2 amide bonds. The zero-order valence-corrected chi connectivity index (χ0v) is 23.8. The standard InChI is InChI=1S/C28H31FN6O2S2/c1-5-12-35-23(15-31-25(37)19-8-6-7-9-21(19)29)33-34-27(35)38-16-24(36)32-26-20(14-30)18-11-10-17(28(2,3)4)13-22(18)39-26/h5-9,17H,1,10-13,15-16H2,2-4H3,(H,31,37)(H,32,36)/t17-/m1/s1. The van der Waals surface area contributed by atoms with Crippen LogP contribution >= 0.6 is 23.1 Å². The fourth-order valence-corrected chi connectivity index (χ4v) is 6.65. The Kier molecular flexibility index (Phi) is 8.87. The number of thioether (sulfide) groups is 1. The molecule has 2 heterocycles. The van der Waals surface area contributed by atoms with E-state index in [1.54, 1.807) is 16.7 Å². The Hall–Kier alpha value is -3.49. The molecule has 1 aliphatic rings. The quantitative estimate of drug-likeness (QED) is 0.267. The number of nitriles is 1. The highest BCUT2D eigenvalue weighted by atomic mass is 32.2. The van der Waals surface area contributed by atoms with Gasteiger partial charge in [-0.2, -0.15) is 5.26 Å². The molecule has 2 N–H and O–H groups in total. The van der Waals surface area contributed by atoms with Gasteiger partial charge in [-0.15, -0.1) is 28.1 Å². The lowest BCUT2D eigenvalue weighted by Crippen LogP contribution is -2.26. The molecule has 4 rings (SSSR count). The summed E-state index contributed by atoms with van der Waals surface area (Å²) >= 11 is 2.70. The number of nitrogens with one attached hydrogen (secondary N) is 2. The highest BCUT2D eigenvalue weighted by Crippen LogP contribution is 2.44. The smallest absolute Gasteiger partial charge is 0.254 e. The third-order valence-corrected chi connectivity index (χ3v) is 8.95. The number of rotatable bonds is 9. The summed E-state index contributed by atoms with van der Waals surface area (Å²) in [6.07, 6.45) is 4.47. The van der Waals surface area contributed by atoms with Crippen LogP contribution in [0.5, 0.6) is 0 Å². The summed E-state index contributed by atoms with van der Waals surface area (Å²) < 4.78 is 15.7. The van der Waals surface area contributed by atoms with Gasteiger partial charge in [0.25, 0.3) is 5.91 Å². The molecule has 1 aromatic carbocycles. The topological polar surface area (TPSA) is 113 Å². The highest BCUT2D eigenvalue weighted by Gasteiger charge is 2.32. The van der Waals surface area contributed by atoms with E-state index in [0.717, 1.165) is 24.8 Å². The molecule has 0 unspecified atom stereocenters. The first-order chi connectivity index (χ1) is 18.6. The predicted octanol–water partition coefficient (Wildman–Crippen LogP) is 5.35. The number of carbonyl (C=O) groups excluding carboxylic acids is 2. The number of hydrogen-bond donors (Lipinski definition) is 2. The van der Waals surface area contributed by atoms with Crippen LogP contribution in [0.4, 0.5) is 9.39 Å². The molecule has 8 nitrogen and oxygen atoms in total. The van der Waals surface area contributed by atoms with Gasteiger partial charge in [-0.05, 0) is 48.3 Å². The Labute approximate surface area is 235 Å². The minimum atomic E-state index is -0.606. The molecule has 0 fully saturated rings. The van der Waals surface area contributed by atoms with Crippen molar-refractivity contribution in [2.45, 2.75) is 58.3 Å². The summed E-state index contributed by atoms with van der Waals surface area (Å²) in [5, 5.41) is 24.8. The Bertz CT molecular complexity index is 1430. The van der Waals surface area contributed by atoms with Crippen LogP contribution in [0.2, 0.25) is 0 Å². The SMILES string of the molecule is C=CCn1c(CNC(=O)c2ccccc2F)nnc1SCC(=O)Nc1sc2c(c1C#N)CC[C@@H](C(C)(C)C)C2. The molecule has 0 saturated carbocycles. The van der Waals surface area contributed by atoms with E-state index in [4.69, 9.17) is 0 Å². The summed E-state index contributed by atoms with van der Waals surface area (Å²) in [4.78, 5) is 26.4. The van der Waals surface area contributed by atoms with E-state index in [-0.39, 0.29) is 29.2 Å². The Balaban J connectivity index is 1.40. The van der Waals surface area contributed by atoms with E-state index < -0.39 is 11.7 Å². The first kappa shape index (κ1) is 28.5. The van der Waals surface area contributed by atoms with Crippen molar-refractivity contribution >= 4 is 39.9 Å². The van der Waals surface area contributed by atoms with Crippen LogP contribution in [0.15, 0.2) is 42.1 Å². The summed E-state index contributed by atoms with van der Waals surface area (Å²) in [7, 11) is 0. The molecular weight excluding hydrogens is 535 g/mol. The maximum absolute atomic E-state index is 13.9. The fraction of sp³-hybridized carbons (Fsp3) is 0.393. The average Bonchev–Trinajstić information content (AvgIpc) is 3.45. The van der Waals surface area contributed by atoms with E-state index in [2.05, 4.69) is 54.3 Å². The van der Waals surface area contributed by atoms with Crippen LogP contribution in [0, 0.1) is 28.5 Å². The number of carbonyl (C=O) groups is 2. The number of aromatic nitrogens is 3. The molecule has 11 heteroatoms. The minimum Gasteiger partial charge on any atom is -0.345 e. The highest BCUT2D eigenvalue weighted by molar-refractivity contribution is 7.99. The van der Waals surface area contributed by atoms with E-state index in [1.165, 1.54) is 46.2 Å². The molecule has 0 spiro atoms.